The predicted molar refractivity (Wildman–Crippen MR) is 84.7 cm³/mol. The van der Waals surface area contributed by atoms with Gasteiger partial charge in [0.1, 0.15) is 11.5 Å². The van der Waals surface area contributed by atoms with E-state index in [4.69, 9.17) is 9.47 Å². The molecule has 6 nitrogen and oxygen atoms in total. The topological polar surface area (TPSA) is 54.0 Å². The monoisotopic (exact) mass is 305 g/mol. The van der Waals surface area contributed by atoms with Gasteiger partial charge in [-0.05, 0) is 6.42 Å². The standard InChI is InChI=1S/C16H23N3O3/c1-21-13-9-12(10-14(11-13)22-2)19-6-3-15(16(19)20)18-7-4-17-5-8-18/h9-11,15,17H,3-8H2,1-2H3. The molecule has 22 heavy (non-hydrogen) atoms. The van der Waals surface area contributed by atoms with Crippen LogP contribution in [-0.4, -0.2) is 63.8 Å². The molecular weight excluding hydrogens is 282 g/mol. The minimum absolute atomic E-state index is 0.000652. The molecule has 1 amide bonds. The number of carbonyl (C=O) groups is 1. The van der Waals surface area contributed by atoms with Crippen LogP contribution in [0.5, 0.6) is 11.5 Å². The van der Waals surface area contributed by atoms with Crippen LogP contribution < -0.4 is 19.7 Å². The third-order valence-corrected chi connectivity index (χ3v) is 4.42. The summed E-state index contributed by atoms with van der Waals surface area (Å²) >= 11 is 0. The second-order valence-corrected chi connectivity index (χ2v) is 5.65. The molecule has 0 spiro atoms. The van der Waals surface area contributed by atoms with Gasteiger partial charge in [-0.2, -0.15) is 0 Å². The Morgan fingerprint density at radius 1 is 1.05 bits per heavy atom. The average Bonchev–Trinajstić information content (AvgIpc) is 2.96. The van der Waals surface area contributed by atoms with E-state index >= 15 is 0 Å². The van der Waals surface area contributed by atoms with Gasteiger partial charge in [0.15, 0.2) is 0 Å². The zero-order valence-corrected chi connectivity index (χ0v) is 13.2. The third kappa shape index (κ3) is 2.89. The minimum Gasteiger partial charge on any atom is -0.497 e. The minimum atomic E-state index is -0.000652. The maximum atomic E-state index is 12.8. The zero-order chi connectivity index (χ0) is 15.5. The highest BCUT2D eigenvalue weighted by Crippen LogP contribution is 2.31. The number of piperazine rings is 1. The van der Waals surface area contributed by atoms with Crippen molar-refractivity contribution in [2.45, 2.75) is 12.5 Å². The van der Waals surface area contributed by atoms with Gasteiger partial charge in [0.2, 0.25) is 5.91 Å². The maximum absolute atomic E-state index is 12.8. The van der Waals surface area contributed by atoms with Crippen LogP contribution in [0.1, 0.15) is 6.42 Å². The molecule has 120 valence electrons. The van der Waals surface area contributed by atoms with Crippen LogP contribution in [0.3, 0.4) is 0 Å². The fraction of sp³-hybridized carbons (Fsp3) is 0.562. The van der Waals surface area contributed by atoms with E-state index in [1.54, 1.807) is 14.2 Å². The number of methoxy groups -OCH3 is 2. The van der Waals surface area contributed by atoms with Gasteiger partial charge >= 0.3 is 0 Å². The number of amides is 1. The van der Waals surface area contributed by atoms with E-state index in [9.17, 15) is 4.79 Å². The highest BCUT2D eigenvalue weighted by atomic mass is 16.5. The molecule has 2 saturated heterocycles. The van der Waals surface area contributed by atoms with Gasteiger partial charge in [0, 0.05) is 50.9 Å². The van der Waals surface area contributed by atoms with Gasteiger partial charge < -0.3 is 19.7 Å². The van der Waals surface area contributed by atoms with E-state index in [-0.39, 0.29) is 11.9 Å². The van der Waals surface area contributed by atoms with Crippen molar-refractivity contribution < 1.29 is 14.3 Å². The number of hydrogen-bond acceptors (Lipinski definition) is 5. The fourth-order valence-corrected chi connectivity index (χ4v) is 3.20. The molecule has 2 heterocycles. The smallest absolute Gasteiger partial charge is 0.244 e. The van der Waals surface area contributed by atoms with Crippen LogP contribution in [0.2, 0.25) is 0 Å². The molecule has 0 bridgehead atoms. The lowest BCUT2D eigenvalue weighted by atomic mass is 10.2. The summed E-state index contributed by atoms with van der Waals surface area (Å²) in [5.74, 6) is 1.58. The van der Waals surface area contributed by atoms with Crippen molar-refractivity contribution in [2.24, 2.45) is 0 Å². The Morgan fingerprint density at radius 3 is 2.27 bits per heavy atom. The lowest BCUT2D eigenvalue weighted by Crippen LogP contribution is -2.51. The molecule has 1 unspecified atom stereocenters. The number of benzene rings is 1. The highest BCUT2D eigenvalue weighted by Gasteiger charge is 2.37. The van der Waals surface area contributed by atoms with Gasteiger partial charge in [0.25, 0.3) is 0 Å². The molecule has 0 saturated carbocycles. The van der Waals surface area contributed by atoms with Crippen molar-refractivity contribution >= 4 is 11.6 Å². The van der Waals surface area contributed by atoms with Crippen molar-refractivity contribution in [3.63, 3.8) is 0 Å². The van der Waals surface area contributed by atoms with E-state index in [1.165, 1.54) is 0 Å². The maximum Gasteiger partial charge on any atom is 0.244 e. The predicted octanol–water partition coefficient (Wildman–Crippen LogP) is 0.714. The summed E-state index contributed by atoms with van der Waals surface area (Å²) in [7, 11) is 3.24. The quantitative estimate of drug-likeness (QED) is 0.888. The highest BCUT2D eigenvalue weighted by molar-refractivity contribution is 5.99. The average molecular weight is 305 g/mol. The van der Waals surface area contributed by atoms with Gasteiger partial charge in [-0.1, -0.05) is 0 Å². The Morgan fingerprint density at radius 2 is 1.68 bits per heavy atom. The van der Waals surface area contributed by atoms with Crippen LogP contribution in [0, 0.1) is 0 Å². The SMILES string of the molecule is COc1cc(OC)cc(N2CCC(N3CCNCC3)C2=O)c1. The lowest BCUT2D eigenvalue weighted by Gasteiger charge is -2.31. The van der Waals surface area contributed by atoms with E-state index in [0.29, 0.717) is 11.5 Å². The molecule has 1 atom stereocenters. The number of rotatable bonds is 4. The molecule has 2 fully saturated rings. The van der Waals surface area contributed by atoms with Crippen molar-refractivity contribution in [2.75, 3.05) is 51.8 Å². The van der Waals surface area contributed by atoms with Crippen molar-refractivity contribution in [3.8, 4) is 11.5 Å². The van der Waals surface area contributed by atoms with Gasteiger partial charge in [-0.15, -0.1) is 0 Å². The number of nitrogens with one attached hydrogen (secondary N) is 1. The van der Waals surface area contributed by atoms with Crippen LogP contribution in [-0.2, 0) is 4.79 Å². The first-order chi connectivity index (χ1) is 10.7. The molecule has 6 heteroatoms. The molecule has 0 aromatic heterocycles. The molecule has 3 rings (SSSR count). The van der Waals surface area contributed by atoms with E-state index in [0.717, 1.165) is 44.8 Å². The second kappa shape index (κ2) is 6.54. The van der Waals surface area contributed by atoms with Crippen LogP contribution in [0.4, 0.5) is 5.69 Å². The number of hydrogen-bond donors (Lipinski definition) is 1. The second-order valence-electron chi connectivity index (χ2n) is 5.65. The fourth-order valence-electron chi connectivity index (χ4n) is 3.20. The van der Waals surface area contributed by atoms with Crippen LogP contribution in [0.15, 0.2) is 18.2 Å². The zero-order valence-electron chi connectivity index (χ0n) is 13.2. The Hall–Kier alpha value is -1.79. The molecule has 0 aliphatic carbocycles. The first kappa shape index (κ1) is 15.1. The van der Waals surface area contributed by atoms with Crippen molar-refractivity contribution in [1.82, 2.24) is 10.2 Å². The summed E-state index contributed by atoms with van der Waals surface area (Å²) in [6.45, 7) is 4.52. The number of anilines is 1. The van der Waals surface area contributed by atoms with Crippen LogP contribution >= 0.6 is 0 Å². The first-order valence-electron chi connectivity index (χ1n) is 7.72. The first-order valence-corrected chi connectivity index (χ1v) is 7.72. The van der Waals surface area contributed by atoms with Crippen molar-refractivity contribution in [1.29, 1.82) is 0 Å². The third-order valence-electron chi connectivity index (χ3n) is 4.42. The largest absolute Gasteiger partial charge is 0.497 e. The molecule has 1 N–H and O–H groups in total. The van der Waals surface area contributed by atoms with Gasteiger partial charge in [-0.25, -0.2) is 0 Å². The molecule has 2 aliphatic heterocycles. The summed E-state index contributed by atoms with van der Waals surface area (Å²) < 4.78 is 10.6. The summed E-state index contributed by atoms with van der Waals surface area (Å²) in [6.07, 6.45) is 0.873. The molecule has 1 aromatic carbocycles. The van der Waals surface area contributed by atoms with Gasteiger partial charge in [0.05, 0.1) is 25.9 Å². The summed E-state index contributed by atoms with van der Waals surface area (Å²) in [4.78, 5) is 16.9. The molecule has 1 aromatic rings. The number of ether oxygens (including phenoxy) is 2. The van der Waals surface area contributed by atoms with Gasteiger partial charge in [-0.3, -0.25) is 9.69 Å². The Balaban J connectivity index is 1.79. The number of carbonyl (C=O) groups excluding carboxylic acids is 1. The molecule has 2 aliphatic rings. The Labute approximate surface area is 131 Å². The van der Waals surface area contributed by atoms with E-state index < -0.39 is 0 Å². The van der Waals surface area contributed by atoms with Crippen LogP contribution in [0.25, 0.3) is 0 Å². The van der Waals surface area contributed by atoms with Crippen molar-refractivity contribution in [3.05, 3.63) is 18.2 Å². The van der Waals surface area contributed by atoms with E-state index in [1.807, 2.05) is 23.1 Å². The van der Waals surface area contributed by atoms with E-state index in [2.05, 4.69) is 10.2 Å². The molecule has 0 radical (unpaired) electrons. The summed E-state index contributed by atoms with van der Waals surface area (Å²) in [5.41, 5.74) is 0.846. The Kier molecular flexibility index (Phi) is 4.49. The summed E-state index contributed by atoms with van der Waals surface area (Å²) in [6, 6.07) is 5.60. The lowest BCUT2D eigenvalue weighted by molar-refractivity contribution is -0.121. The normalized spacial score (nSPS) is 22.9. The Bertz CT molecular complexity index is 521. The summed E-state index contributed by atoms with van der Waals surface area (Å²) in [5, 5.41) is 3.33. The number of nitrogens with zero attached hydrogens (tertiary/aromatic N) is 2. The molecular formula is C16H23N3O3.